The Hall–Kier alpha value is -5.02. The molecular formula is C32H27N3O3. The van der Waals surface area contributed by atoms with Crippen LogP contribution in [0.1, 0.15) is 16.7 Å². The van der Waals surface area contributed by atoms with Gasteiger partial charge in [-0.25, -0.2) is 0 Å². The lowest BCUT2D eigenvalue weighted by molar-refractivity contribution is -0.117. The van der Waals surface area contributed by atoms with E-state index in [0.717, 1.165) is 22.0 Å². The highest BCUT2D eigenvalue weighted by atomic mass is 16.5. The molecule has 1 aromatic heterocycles. The highest BCUT2D eigenvalue weighted by Gasteiger charge is 2.14. The Morgan fingerprint density at radius 2 is 1.68 bits per heavy atom. The Morgan fingerprint density at radius 1 is 0.921 bits per heavy atom. The van der Waals surface area contributed by atoms with Crippen molar-refractivity contribution in [1.82, 2.24) is 9.88 Å². The number of nitriles is 1. The summed E-state index contributed by atoms with van der Waals surface area (Å²) in [6, 6.07) is 30.1. The van der Waals surface area contributed by atoms with Gasteiger partial charge in [0.1, 0.15) is 23.1 Å². The molecule has 0 aliphatic heterocycles. The average Bonchev–Trinajstić information content (AvgIpc) is 3.31. The van der Waals surface area contributed by atoms with Crippen LogP contribution in [-0.4, -0.2) is 24.7 Å². The van der Waals surface area contributed by atoms with E-state index in [9.17, 15) is 10.1 Å². The van der Waals surface area contributed by atoms with E-state index in [1.54, 1.807) is 32.4 Å². The molecule has 1 amide bonds. The fourth-order valence-electron chi connectivity index (χ4n) is 4.71. The van der Waals surface area contributed by atoms with Crippen molar-refractivity contribution >= 4 is 33.7 Å². The van der Waals surface area contributed by atoms with E-state index in [1.165, 1.54) is 16.3 Å². The lowest BCUT2D eigenvalue weighted by atomic mass is 10.0. The van der Waals surface area contributed by atoms with E-state index < -0.39 is 5.91 Å². The maximum atomic E-state index is 13.0. The van der Waals surface area contributed by atoms with Crippen molar-refractivity contribution in [3.05, 3.63) is 113 Å². The van der Waals surface area contributed by atoms with Crippen LogP contribution in [0.25, 0.3) is 27.8 Å². The number of fused-ring (bicyclic) bond motifs is 2. The molecule has 6 heteroatoms. The molecule has 0 aliphatic carbocycles. The normalized spacial score (nSPS) is 11.3. The number of benzene rings is 4. The molecule has 188 valence electrons. The zero-order chi connectivity index (χ0) is 26.5. The zero-order valence-corrected chi connectivity index (χ0v) is 21.3. The lowest BCUT2D eigenvalue weighted by Crippen LogP contribution is -2.24. The van der Waals surface area contributed by atoms with Crippen molar-refractivity contribution in [3.8, 4) is 17.6 Å². The molecule has 0 radical (unpaired) electrons. The summed E-state index contributed by atoms with van der Waals surface area (Å²) in [7, 11) is 3.15. The molecule has 0 fully saturated rings. The fourth-order valence-corrected chi connectivity index (χ4v) is 4.71. The monoisotopic (exact) mass is 501 g/mol. The Bertz CT molecular complexity index is 1700. The van der Waals surface area contributed by atoms with Crippen LogP contribution in [0.4, 0.5) is 0 Å². The van der Waals surface area contributed by atoms with Gasteiger partial charge in [-0.1, -0.05) is 60.7 Å². The molecule has 0 atom stereocenters. The van der Waals surface area contributed by atoms with Crippen molar-refractivity contribution in [3.63, 3.8) is 0 Å². The summed E-state index contributed by atoms with van der Waals surface area (Å²) in [4.78, 5) is 13.0. The molecule has 5 rings (SSSR count). The highest BCUT2D eigenvalue weighted by Crippen LogP contribution is 2.27. The molecule has 0 bridgehead atoms. The zero-order valence-electron chi connectivity index (χ0n) is 21.3. The first kappa shape index (κ1) is 24.7. The summed E-state index contributed by atoms with van der Waals surface area (Å²) >= 11 is 0. The first-order valence-corrected chi connectivity index (χ1v) is 12.3. The molecule has 5 aromatic rings. The molecule has 38 heavy (non-hydrogen) atoms. The van der Waals surface area contributed by atoms with E-state index in [1.807, 2.05) is 42.6 Å². The SMILES string of the molecule is COc1ccc(CNC(=O)/C(C#N)=C/c2cn(Cc3cccc4ccccc34)c3ccccc23)c(OC)c1. The van der Waals surface area contributed by atoms with Gasteiger partial charge in [0, 0.05) is 47.4 Å². The van der Waals surface area contributed by atoms with Gasteiger partial charge in [0.05, 0.1) is 14.2 Å². The third-order valence-corrected chi connectivity index (χ3v) is 6.64. The predicted octanol–water partition coefficient (Wildman–Crippen LogP) is 6.08. The van der Waals surface area contributed by atoms with Crippen LogP contribution < -0.4 is 14.8 Å². The number of methoxy groups -OCH3 is 2. The third-order valence-electron chi connectivity index (χ3n) is 6.64. The largest absolute Gasteiger partial charge is 0.497 e. The molecular weight excluding hydrogens is 474 g/mol. The molecule has 4 aromatic carbocycles. The van der Waals surface area contributed by atoms with Gasteiger partial charge in [-0.15, -0.1) is 0 Å². The Labute approximate surface area is 221 Å². The predicted molar refractivity (Wildman–Crippen MR) is 150 cm³/mol. The molecule has 1 heterocycles. The summed E-state index contributed by atoms with van der Waals surface area (Å²) in [5, 5.41) is 16.0. The van der Waals surface area contributed by atoms with Crippen molar-refractivity contribution in [2.24, 2.45) is 0 Å². The number of nitrogens with zero attached hydrogens (tertiary/aromatic N) is 2. The number of rotatable bonds is 8. The van der Waals surface area contributed by atoms with Gasteiger partial charge in [0.2, 0.25) is 0 Å². The summed E-state index contributed by atoms with van der Waals surface area (Å²) in [5.74, 6) is 0.814. The quantitative estimate of drug-likeness (QED) is 0.206. The second-order valence-corrected chi connectivity index (χ2v) is 8.90. The number of hydrogen-bond donors (Lipinski definition) is 1. The maximum Gasteiger partial charge on any atom is 0.262 e. The highest BCUT2D eigenvalue weighted by molar-refractivity contribution is 6.04. The average molecular weight is 502 g/mol. The molecule has 0 saturated heterocycles. The van der Waals surface area contributed by atoms with E-state index in [2.05, 4.69) is 52.4 Å². The molecule has 0 aliphatic rings. The number of carbonyl (C=O) groups is 1. The number of hydrogen-bond acceptors (Lipinski definition) is 4. The minimum absolute atomic E-state index is 0.0329. The van der Waals surface area contributed by atoms with E-state index >= 15 is 0 Å². The number of nitrogens with one attached hydrogen (secondary N) is 1. The first-order valence-electron chi connectivity index (χ1n) is 12.3. The maximum absolute atomic E-state index is 13.0. The summed E-state index contributed by atoms with van der Waals surface area (Å²) in [6.07, 6.45) is 3.66. The van der Waals surface area contributed by atoms with Gasteiger partial charge in [0.25, 0.3) is 5.91 Å². The van der Waals surface area contributed by atoms with Crippen molar-refractivity contribution in [1.29, 1.82) is 5.26 Å². The molecule has 0 saturated carbocycles. The van der Waals surface area contributed by atoms with Crippen LogP contribution >= 0.6 is 0 Å². The van der Waals surface area contributed by atoms with Crippen molar-refractivity contribution in [2.75, 3.05) is 14.2 Å². The molecule has 0 unspecified atom stereocenters. The van der Waals surface area contributed by atoms with Gasteiger partial charge < -0.3 is 19.4 Å². The Kier molecular flexibility index (Phi) is 7.10. The molecule has 1 N–H and O–H groups in total. The second-order valence-electron chi connectivity index (χ2n) is 8.90. The summed E-state index contributed by atoms with van der Waals surface area (Å²) in [6.45, 7) is 0.884. The lowest BCUT2D eigenvalue weighted by Gasteiger charge is -2.11. The van der Waals surface area contributed by atoms with Crippen LogP contribution in [0, 0.1) is 11.3 Å². The minimum Gasteiger partial charge on any atom is -0.497 e. The third kappa shape index (κ3) is 4.95. The number of ether oxygens (including phenoxy) is 2. The van der Waals surface area contributed by atoms with E-state index in [-0.39, 0.29) is 12.1 Å². The molecule has 0 spiro atoms. The van der Waals surface area contributed by atoms with Crippen LogP contribution in [-0.2, 0) is 17.9 Å². The number of para-hydroxylation sites is 1. The van der Waals surface area contributed by atoms with Crippen molar-refractivity contribution in [2.45, 2.75) is 13.1 Å². The number of amides is 1. The van der Waals surface area contributed by atoms with Crippen LogP contribution in [0.5, 0.6) is 11.5 Å². The summed E-state index contributed by atoms with van der Waals surface area (Å²) in [5.41, 5.74) is 3.86. The smallest absolute Gasteiger partial charge is 0.262 e. The topological polar surface area (TPSA) is 76.3 Å². The van der Waals surface area contributed by atoms with E-state index in [0.29, 0.717) is 18.0 Å². The fraction of sp³-hybridized carbons (Fsp3) is 0.125. The standard InChI is InChI=1S/C32H27N3O3/c1-37-27-15-14-23(31(17-27)38-2)19-34-32(36)25(18-33)16-26-21-35(30-13-6-5-12-29(26)30)20-24-10-7-9-22-8-3-4-11-28(22)24/h3-17,21H,19-20H2,1-2H3,(H,34,36)/b25-16+. The summed E-state index contributed by atoms with van der Waals surface area (Å²) < 4.78 is 12.8. The van der Waals surface area contributed by atoms with Crippen LogP contribution in [0.2, 0.25) is 0 Å². The van der Waals surface area contributed by atoms with Gasteiger partial charge in [-0.05, 0) is 40.6 Å². The Balaban J connectivity index is 1.43. The van der Waals surface area contributed by atoms with Gasteiger partial charge in [-0.2, -0.15) is 5.26 Å². The van der Waals surface area contributed by atoms with Crippen LogP contribution in [0.3, 0.4) is 0 Å². The number of carbonyl (C=O) groups excluding carboxylic acids is 1. The minimum atomic E-state index is -0.448. The number of aromatic nitrogens is 1. The second kappa shape index (κ2) is 10.9. The van der Waals surface area contributed by atoms with Crippen molar-refractivity contribution < 1.29 is 14.3 Å². The van der Waals surface area contributed by atoms with Crippen LogP contribution in [0.15, 0.2) is 96.7 Å². The molecule has 6 nitrogen and oxygen atoms in total. The van der Waals surface area contributed by atoms with Gasteiger partial charge in [0.15, 0.2) is 0 Å². The van der Waals surface area contributed by atoms with Gasteiger partial charge >= 0.3 is 0 Å². The Morgan fingerprint density at radius 3 is 2.47 bits per heavy atom. The van der Waals surface area contributed by atoms with E-state index in [4.69, 9.17) is 9.47 Å². The first-order chi connectivity index (χ1) is 18.6. The van der Waals surface area contributed by atoms with Gasteiger partial charge in [-0.3, -0.25) is 4.79 Å².